The van der Waals surface area contributed by atoms with E-state index in [1.807, 2.05) is 6.07 Å². The number of amides is 1. The number of esters is 1. The van der Waals surface area contributed by atoms with E-state index < -0.39 is 0 Å². The molecule has 1 fully saturated rings. The van der Waals surface area contributed by atoms with Gasteiger partial charge in [0.05, 0.1) is 12.2 Å². The van der Waals surface area contributed by atoms with Crippen LogP contribution in [0.4, 0.5) is 5.69 Å². The van der Waals surface area contributed by atoms with Crippen LogP contribution in [0.15, 0.2) is 24.3 Å². The van der Waals surface area contributed by atoms with Gasteiger partial charge in [0.15, 0.2) is 0 Å². The van der Waals surface area contributed by atoms with E-state index >= 15 is 0 Å². The van der Waals surface area contributed by atoms with Crippen molar-refractivity contribution in [3.63, 3.8) is 0 Å². The van der Waals surface area contributed by atoms with E-state index in [-0.39, 0.29) is 17.8 Å². The SMILES string of the molecule is CCCCOC(=O)c1cccc(NC(=O)C2CCC(CCCC)CC2)c1. The third-order valence-electron chi connectivity index (χ3n) is 5.28. The zero-order valence-electron chi connectivity index (χ0n) is 16.3. The molecule has 4 nitrogen and oxygen atoms in total. The molecule has 0 aliphatic heterocycles. The van der Waals surface area contributed by atoms with Gasteiger partial charge in [-0.3, -0.25) is 4.79 Å². The molecule has 144 valence electrons. The summed E-state index contributed by atoms with van der Waals surface area (Å²) in [6, 6.07) is 7.04. The van der Waals surface area contributed by atoms with Gasteiger partial charge in [0.1, 0.15) is 0 Å². The molecular weight excluding hydrogens is 326 g/mol. The third-order valence-corrected chi connectivity index (χ3v) is 5.28. The normalized spacial score (nSPS) is 19.8. The Kier molecular flexibility index (Phi) is 8.66. The van der Waals surface area contributed by atoms with Crippen LogP contribution in [0, 0.1) is 11.8 Å². The summed E-state index contributed by atoms with van der Waals surface area (Å²) < 4.78 is 5.24. The number of benzene rings is 1. The number of rotatable bonds is 9. The molecule has 0 aromatic heterocycles. The average Bonchev–Trinajstić information content (AvgIpc) is 2.67. The first-order valence-corrected chi connectivity index (χ1v) is 10.2. The van der Waals surface area contributed by atoms with Crippen molar-refractivity contribution in [2.24, 2.45) is 11.8 Å². The molecule has 1 aliphatic carbocycles. The molecule has 0 atom stereocenters. The number of hydrogen-bond donors (Lipinski definition) is 1. The number of carbonyl (C=O) groups is 2. The Bertz CT molecular complexity index is 577. The molecule has 1 aliphatic rings. The molecule has 0 unspecified atom stereocenters. The molecular formula is C22H33NO3. The summed E-state index contributed by atoms with van der Waals surface area (Å²) in [5.74, 6) is 0.634. The number of carbonyl (C=O) groups excluding carboxylic acids is 2. The van der Waals surface area contributed by atoms with Crippen molar-refractivity contribution in [2.45, 2.75) is 71.6 Å². The summed E-state index contributed by atoms with van der Waals surface area (Å²) in [7, 11) is 0. The van der Waals surface area contributed by atoms with Crippen molar-refractivity contribution >= 4 is 17.6 Å². The van der Waals surface area contributed by atoms with Crippen LogP contribution in [-0.2, 0) is 9.53 Å². The Morgan fingerprint density at radius 1 is 1.08 bits per heavy atom. The van der Waals surface area contributed by atoms with E-state index in [0.717, 1.165) is 44.4 Å². The Hall–Kier alpha value is -1.84. The molecule has 1 amide bonds. The second-order valence-electron chi connectivity index (χ2n) is 7.42. The maximum Gasteiger partial charge on any atom is 0.338 e. The van der Waals surface area contributed by atoms with Crippen LogP contribution in [0.2, 0.25) is 0 Å². The van der Waals surface area contributed by atoms with E-state index in [1.54, 1.807) is 18.2 Å². The number of nitrogens with one attached hydrogen (secondary N) is 1. The topological polar surface area (TPSA) is 55.4 Å². The number of unbranched alkanes of at least 4 members (excludes halogenated alkanes) is 2. The average molecular weight is 360 g/mol. The maximum atomic E-state index is 12.6. The highest BCUT2D eigenvalue weighted by Gasteiger charge is 2.26. The highest BCUT2D eigenvalue weighted by Crippen LogP contribution is 2.32. The lowest BCUT2D eigenvalue weighted by Crippen LogP contribution is -2.27. The van der Waals surface area contributed by atoms with Crippen molar-refractivity contribution in [2.75, 3.05) is 11.9 Å². The van der Waals surface area contributed by atoms with E-state index in [4.69, 9.17) is 4.74 Å². The zero-order valence-corrected chi connectivity index (χ0v) is 16.3. The summed E-state index contributed by atoms with van der Waals surface area (Å²) in [5.41, 5.74) is 1.16. The lowest BCUT2D eigenvalue weighted by Gasteiger charge is -2.27. The van der Waals surface area contributed by atoms with Gasteiger partial charge in [-0.25, -0.2) is 4.79 Å². The Labute approximate surface area is 157 Å². The highest BCUT2D eigenvalue weighted by atomic mass is 16.5. The van der Waals surface area contributed by atoms with Crippen LogP contribution in [0.1, 0.15) is 82.0 Å². The van der Waals surface area contributed by atoms with Gasteiger partial charge in [0.2, 0.25) is 5.91 Å². The molecule has 0 bridgehead atoms. The predicted molar refractivity (Wildman–Crippen MR) is 105 cm³/mol. The van der Waals surface area contributed by atoms with Crippen LogP contribution in [0.5, 0.6) is 0 Å². The highest BCUT2D eigenvalue weighted by molar-refractivity contribution is 5.95. The van der Waals surface area contributed by atoms with Gasteiger partial charge in [-0.2, -0.15) is 0 Å². The molecule has 1 aromatic rings. The molecule has 4 heteroatoms. The maximum absolute atomic E-state index is 12.6. The summed E-state index contributed by atoms with van der Waals surface area (Å²) in [4.78, 5) is 24.6. The van der Waals surface area contributed by atoms with Gasteiger partial charge in [0.25, 0.3) is 0 Å². The van der Waals surface area contributed by atoms with Crippen LogP contribution in [0.25, 0.3) is 0 Å². The van der Waals surface area contributed by atoms with Gasteiger partial charge in [-0.05, 0) is 56.2 Å². The minimum atomic E-state index is -0.328. The molecule has 0 saturated heterocycles. The summed E-state index contributed by atoms with van der Waals surface area (Å²) in [6.07, 6.45) is 9.95. The first kappa shape index (κ1) is 20.5. The Morgan fingerprint density at radius 2 is 1.81 bits per heavy atom. The molecule has 0 spiro atoms. The molecule has 1 N–H and O–H groups in total. The number of anilines is 1. The summed E-state index contributed by atoms with van der Waals surface area (Å²) >= 11 is 0. The first-order valence-electron chi connectivity index (χ1n) is 10.2. The summed E-state index contributed by atoms with van der Waals surface area (Å²) in [6.45, 7) is 4.72. The largest absolute Gasteiger partial charge is 0.462 e. The Morgan fingerprint density at radius 3 is 2.50 bits per heavy atom. The molecule has 1 saturated carbocycles. The summed E-state index contributed by atoms with van der Waals surface area (Å²) in [5, 5.41) is 2.99. The van der Waals surface area contributed by atoms with E-state index in [0.29, 0.717) is 17.9 Å². The standard InChI is InChI=1S/C22H33NO3/c1-3-5-8-17-11-13-18(14-12-17)21(24)23-20-10-7-9-19(16-20)22(25)26-15-6-4-2/h7,9-10,16-18H,3-6,8,11-15H2,1-2H3,(H,23,24). The second kappa shape index (κ2) is 11.0. The van der Waals surface area contributed by atoms with Crippen LogP contribution in [-0.4, -0.2) is 18.5 Å². The number of ether oxygens (including phenoxy) is 1. The van der Waals surface area contributed by atoms with Gasteiger partial charge in [0, 0.05) is 11.6 Å². The molecule has 1 aromatic carbocycles. The minimum absolute atomic E-state index is 0.0791. The lowest BCUT2D eigenvalue weighted by atomic mass is 9.79. The Balaban J connectivity index is 1.84. The number of hydrogen-bond acceptors (Lipinski definition) is 3. The zero-order chi connectivity index (χ0) is 18.8. The fourth-order valence-electron chi connectivity index (χ4n) is 3.57. The molecule has 0 radical (unpaired) electrons. The van der Waals surface area contributed by atoms with E-state index in [9.17, 15) is 9.59 Å². The van der Waals surface area contributed by atoms with Crippen LogP contribution in [0.3, 0.4) is 0 Å². The van der Waals surface area contributed by atoms with Crippen molar-refractivity contribution in [1.82, 2.24) is 0 Å². The quantitative estimate of drug-likeness (QED) is 0.462. The van der Waals surface area contributed by atoms with Gasteiger partial charge in [-0.1, -0.05) is 45.6 Å². The smallest absolute Gasteiger partial charge is 0.338 e. The molecule has 0 heterocycles. The third kappa shape index (κ3) is 6.47. The lowest BCUT2D eigenvalue weighted by molar-refractivity contribution is -0.121. The van der Waals surface area contributed by atoms with Crippen molar-refractivity contribution in [3.8, 4) is 0 Å². The first-order chi connectivity index (χ1) is 12.6. The van der Waals surface area contributed by atoms with Crippen LogP contribution < -0.4 is 5.32 Å². The van der Waals surface area contributed by atoms with Crippen LogP contribution >= 0.6 is 0 Å². The molecule has 26 heavy (non-hydrogen) atoms. The predicted octanol–water partition coefficient (Wildman–Crippen LogP) is 5.58. The fraction of sp³-hybridized carbons (Fsp3) is 0.636. The van der Waals surface area contributed by atoms with Crippen molar-refractivity contribution in [3.05, 3.63) is 29.8 Å². The van der Waals surface area contributed by atoms with E-state index in [1.165, 1.54) is 19.3 Å². The minimum Gasteiger partial charge on any atom is -0.462 e. The second-order valence-corrected chi connectivity index (χ2v) is 7.42. The van der Waals surface area contributed by atoms with Crippen molar-refractivity contribution in [1.29, 1.82) is 0 Å². The monoisotopic (exact) mass is 359 g/mol. The van der Waals surface area contributed by atoms with Gasteiger partial charge < -0.3 is 10.1 Å². The van der Waals surface area contributed by atoms with Gasteiger partial charge in [-0.15, -0.1) is 0 Å². The van der Waals surface area contributed by atoms with Crippen molar-refractivity contribution < 1.29 is 14.3 Å². The van der Waals surface area contributed by atoms with E-state index in [2.05, 4.69) is 19.2 Å². The van der Waals surface area contributed by atoms with Gasteiger partial charge >= 0.3 is 5.97 Å². The molecule has 2 rings (SSSR count). The fourth-order valence-corrected chi connectivity index (χ4v) is 3.57.